The highest BCUT2D eigenvalue weighted by molar-refractivity contribution is 7.89. The van der Waals surface area contributed by atoms with E-state index in [0.717, 1.165) is 186 Å². The Balaban J connectivity index is 2.67. The van der Waals surface area contributed by atoms with Gasteiger partial charge < -0.3 is 37.9 Å². The number of ether oxygens (including phenoxy) is 6. The maximum absolute atomic E-state index is 14.3. The zero-order valence-electron chi connectivity index (χ0n) is 46.8. The molecule has 416 valence electrons. The molecule has 0 radical (unpaired) electrons. The number of hydrogen-bond donors (Lipinski definition) is 0. The third kappa shape index (κ3) is 40.4. The minimum Gasteiger partial charge on any atom is -0.598 e. The van der Waals surface area contributed by atoms with Gasteiger partial charge in [0.1, 0.15) is 5.75 Å². The van der Waals surface area contributed by atoms with Gasteiger partial charge in [-0.1, -0.05) is 163 Å². The number of esters is 2. The van der Waals surface area contributed by atoms with Crippen molar-refractivity contribution in [3.63, 3.8) is 0 Å². The van der Waals surface area contributed by atoms with Crippen molar-refractivity contribution in [2.45, 2.75) is 284 Å². The van der Waals surface area contributed by atoms with Crippen LogP contribution in [0.3, 0.4) is 0 Å². The largest absolute Gasteiger partial charge is 0.598 e. The van der Waals surface area contributed by atoms with Gasteiger partial charge >= 0.3 is 11.9 Å². The van der Waals surface area contributed by atoms with Crippen molar-refractivity contribution in [3.8, 4) is 0 Å². The van der Waals surface area contributed by atoms with Crippen LogP contribution < -0.4 is 0 Å². The molecule has 11 nitrogen and oxygen atoms in total. The SMILES string of the molecule is CCCCCCCC[S+]([O-])N(CC1CCN(C)CC1)C(CCCCCCCOC(=O)CCC(OCCCCC)OCCCCC)CCCCCCCOC(=O)CCC(OCCCCC)OCCCCC. The molecule has 70 heavy (non-hydrogen) atoms. The Morgan fingerprint density at radius 3 is 1.24 bits per heavy atom. The fraction of sp³-hybridized carbons (Fsp3) is 0.966. The number of hydrogen-bond acceptors (Lipinski definition) is 11. The number of carbonyl (C=O) groups excluding carboxylic acids is 2. The fourth-order valence-electron chi connectivity index (χ4n) is 9.16. The average molecular weight is 1020 g/mol. The number of piperidine rings is 1. The molecule has 1 unspecified atom stereocenters. The molecule has 0 aromatic rings. The van der Waals surface area contributed by atoms with Gasteiger partial charge in [0.25, 0.3) is 0 Å². The van der Waals surface area contributed by atoms with Gasteiger partial charge in [-0.2, -0.15) is 0 Å². The van der Waals surface area contributed by atoms with Crippen LogP contribution in [-0.4, -0.2) is 116 Å². The van der Waals surface area contributed by atoms with Crippen LogP contribution in [0.25, 0.3) is 0 Å². The topological polar surface area (TPSA) is 119 Å². The Hall–Kier alpha value is -0.990. The summed E-state index contributed by atoms with van der Waals surface area (Å²) in [7, 11) is 2.22. The molecule has 0 aromatic heterocycles. The highest BCUT2D eigenvalue weighted by Crippen LogP contribution is 2.27. The third-order valence-corrected chi connectivity index (χ3v) is 15.5. The van der Waals surface area contributed by atoms with E-state index in [1.54, 1.807) is 0 Å². The summed E-state index contributed by atoms with van der Waals surface area (Å²) in [6.45, 7) is 17.8. The van der Waals surface area contributed by atoms with Crippen molar-refractivity contribution in [2.24, 2.45) is 5.92 Å². The molecule has 0 aliphatic carbocycles. The Morgan fingerprint density at radius 1 is 0.486 bits per heavy atom. The molecular weight excluding hydrogens is 901 g/mol. The zero-order valence-corrected chi connectivity index (χ0v) is 47.6. The van der Waals surface area contributed by atoms with E-state index in [-0.39, 0.29) is 24.5 Å². The van der Waals surface area contributed by atoms with Crippen LogP contribution in [0.5, 0.6) is 0 Å². The smallest absolute Gasteiger partial charge is 0.305 e. The summed E-state index contributed by atoms with van der Waals surface area (Å²) in [6, 6.07) is 0.327. The Bertz CT molecular complexity index is 1050. The first-order valence-electron chi connectivity index (χ1n) is 29.9. The van der Waals surface area contributed by atoms with E-state index < -0.39 is 11.4 Å². The number of rotatable bonds is 53. The zero-order chi connectivity index (χ0) is 51.0. The number of nitrogens with zero attached hydrogens (tertiary/aromatic N) is 2. The summed E-state index contributed by atoms with van der Waals surface area (Å²) >= 11 is -0.969. The summed E-state index contributed by atoms with van der Waals surface area (Å²) in [5.41, 5.74) is 0. The summed E-state index contributed by atoms with van der Waals surface area (Å²) < 4.78 is 52.0. The first-order chi connectivity index (χ1) is 34.3. The lowest BCUT2D eigenvalue weighted by Crippen LogP contribution is -2.46. The fourth-order valence-corrected chi connectivity index (χ4v) is 10.8. The van der Waals surface area contributed by atoms with Gasteiger partial charge in [0.15, 0.2) is 12.6 Å². The molecule has 0 bridgehead atoms. The highest BCUT2D eigenvalue weighted by Gasteiger charge is 2.32. The van der Waals surface area contributed by atoms with Crippen LogP contribution >= 0.6 is 0 Å². The second-order valence-corrected chi connectivity index (χ2v) is 22.1. The van der Waals surface area contributed by atoms with Crippen LogP contribution in [-0.2, 0) is 49.4 Å². The van der Waals surface area contributed by atoms with E-state index in [2.05, 4.69) is 50.9 Å². The van der Waals surface area contributed by atoms with E-state index in [1.807, 2.05) is 0 Å². The molecule has 1 fully saturated rings. The molecule has 0 spiro atoms. The molecular formula is C58H114N2O9S. The monoisotopic (exact) mass is 1010 g/mol. The van der Waals surface area contributed by atoms with Gasteiger partial charge in [0.2, 0.25) is 0 Å². The molecule has 0 N–H and O–H groups in total. The van der Waals surface area contributed by atoms with Gasteiger partial charge in [-0.3, -0.25) is 9.59 Å². The van der Waals surface area contributed by atoms with Crippen molar-refractivity contribution in [1.29, 1.82) is 0 Å². The van der Waals surface area contributed by atoms with E-state index in [1.165, 1.54) is 44.9 Å². The molecule has 1 atom stereocenters. The van der Waals surface area contributed by atoms with Crippen molar-refractivity contribution < 1.29 is 42.6 Å². The molecule has 0 aromatic carbocycles. The molecule has 1 saturated heterocycles. The van der Waals surface area contributed by atoms with Crippen molar-refractivity contribution in [2.75, 3.05) is 72.1 Å². The van der Waals surface area contributed by atoms with Gasteiger partial charge in [-0.05, 0) is 103 Å². The molecule has 0 saturated carbocycles. The quantitative estimate of drug-likeness (QED) is 0.0251. The maximum atomic E-state index is 14.3. The Labute approximate surface area is 435 Å². The van der Waals surface area contributed by atoms with E-state index in [0.29, 0.717) is 77.3 Å². The number of likely N-dealkylation sites (tertiary alicyclic amines) is 1. The maximum Gasteiger partial charge on any atom is 0.305 e. The van der Waals surface area contributed by atoms with Crippen LogP contribution in [0, 0.1) is 5.92 Å². The number of unbranched alkanes of at least 4 members (excludes halogenated alkanes) is 21. The molecule has 1 aliphatic rings. The van der Waals surface area contributed by atoms with Gasteiger partial charge in [0.05, 0.1) is 32.1 Å². The van der Waals surface area contributed by atoms with Crippen LogP contribution in [0.4, 0.5) is 0 Å². The minimum atomic E-state index is -0.969. The second kappa shape index (κ2) is 50.2. The Morgan fingerprint density at radius 2 is 0.829 bits per heavy atom. The summed E-state index contributed by atoms with van der Waals surface area (Å²) in [5.74, 6) is 1.06. The highest BCUT2D eigenvalue weighted by atomic mass is 32.2. The van der Waals surface area contributed by atoms with E-state index in [4.69, 9.17) is 28.4 Å². The van der Waals surface area contributed by atoms with Crippen molar-refractivity contribution >= 4 is 23.3 Å². The number of carbonyl (C=O) groups is 2. The van der Waals surface area contributed by atoms with E-state index in [9.17, 15) is 14.1 Å². The van der Waals surface area contributed by atoms with Gasteiger partial charge in [-0.25, -0.2) is 0 Å². The van der Waals surface area contributed by atoms with Gasteiger partial charge in [-0.15, -0.1) is 4.31 Å². The lowest BCUT2D eigenvalue weighted by atomic mass is 9.95. The first kappa shape index (κ1) is 67.0. The third-order valence-electron chi connectivity index (χ3n) is 13.9. The summed E-state index contributed by atoms with van der Waals surface area (Å²) in [5, 5.41) is 0. The lowest BCUT2D eigenvalue weighted by molar-refractivity contribution is -0.159. The first-order valence-corrected chi connectivity index (χ1v) is 31.2. The van der Waals surface area contributed by atoms with Crippen molar-refractivity contribution in [3.05, 3.63) is 0 Å². The normalized spacial score (nSPS) is 14.2. The molecule has 0 amide bonds. The van der Waals surface area contributed by atoms with Crippen LogP contribution in [0.2, 0.25) is 0 Å². The van der Waals surface area contributed by atoms with Crippen LogP contribution in [0.1, 0.15) is 266 Å². The molecule has 1 aliphatic heterocycles. The lowest BCUT2D eigenvalue weighted by Gasteiger charge is -2.37. The average Bonchev–Trinajstić information content (AvgIpc) is 3.36. The van der Waals surface area contributed by atoms with E-state index >= 15 is 0 Å². The molecule has 12 heteroatoms. The Kier molecular flexibility index (Phi) is 48.0. The molecule has 1 rings (SSSR count). The summed E-state index contributed by atoms with van der Waals surface area (Å²) in [6.07, 6.45) is 36.7. The standard InChI is InChI=1S/C58H114N2O9S/c1-7-12-17-18-25-34-51-70(63)60(52-53-41-43-59(6)44-42-53)54(35-26-21-19-23-32-45-64-55(61)37-39-57(66-47-28-13-8-2)67-48-29-14-9-3)36-27-22-20-24-33-46-65-56(62)38-40-58(68-49-30-15-10-4)69-50-31-16-11-5/h53-54,57-58H,7-52H2,1-6H3. The summed E-state index contributed by atoms with van der Waals surface area (Å²) in [4.78, 5) is 27.7. The van der Waals surface area contributed by atoms with Crippen LogP contribution in [0.15, 0.2) is 0 Å². The minimum absolute atomic E-state index is 0.161. The predicted molar refractivity (Wildman–Crippen MR) is 292 cm³/mol. The van der Waals surface area contributed by atoms with Crippen molar-refractivity contribution in [1.82, 2.24) is 9.21 Å². The predicted octanol–water partition coefficient (Wildman–Crippen LogP) is 14.8. The second-order valence-electron chi connectivity index (χ2n) is 20.6. The molecule has 1 heterocycles. The van der Waals surface area contributed by atoms with Gasteiger partial charge in [0, 0.05) is 57.2 Å².